The van der Waals surface area contributed by atoms with Crippen molar-refractivity contribution in [2.24, 2.45) is 5.92 Å². The number of piperidine rings is 1. The molecule has 0 bridgehead atoms. The van der Waals surface area contributed by atoms with Gasteiger partial charge in [-0.15, -0.1) is 0 Å². The molecule has 2 amide bonds. The minimum Gasteiger partial charge on any atom is -0.383 e. The molecule has 0 aliphatic carbocycles. The van der Waals surface area contributed by atoms with Crippen molar-refractivity contribution >= 4 is 11.8 Å². The van der Waals surface area contributed by atoms with Crippen molar-refractivity contribution in [1.82, 2.24) is 10.2 Å². The third kappa shape index (κ3) is 4.48. The monoisotopic (exact) mass is 326 g/mol. The van der Waals surface area contributed by atoms with Crippen LogP contribution >= 0.6 is 0 Å². The number of ether oxygens (including phenoxy) is 1. The fourth-order valence-electron chi connectivity index (χ4n) is 2.58. The molecule has 0 radical (unpaired) electrons. The van der Waals surface area contributed by atoms with E-state index in [1.54, 1.807) is 12.0 Å². The van der Waals surface area contributed by atoms with Crippen molar-refractivity contribution in [2.45, 2.75) is 12.8 Å². The van der Waals surface area contributed by atoms with Crippen LogP contribution in [0.25, 0.3) is 0 Å². The average Bonchev–Trinajstić information content (AvgIpc) is 2.57. The molecular formula is C16H20F2N2O3. The van der Waals surface area contributed by atoms with Gasteiger partial charge < -0.3 is 15.0 Å². The summed E-state index contributed by atoms with van der Waals surface area (Å²) in [5.41, 5.74) is 0.117. The van der Waals surface area contributed by atoms with Gasteiger partial charge >= 0.3 is 0 Å². The lowest BCUT2D eigenvalue weighted by Crippen LogP contribution is -2.43. The van der Waals surface area contributed by atoms with E-state index in [0.717, 1.165) is 12.1 Å². The summed E-state index contributed by atoms with van der Waals surface area (Å²) in [7, 11) is 1.56. The molecule has 0 unspecified atom stereocenters. The Bertz CT molecular complexity index is 572. The number of rotatable bonds is 5. The molecule has 1 aliphatic heterocycles. The van der Waals surface area contributed by atoms with E-state index in [-0.39, 0.29) is 23.3 Å². The minimum absolute atomic E-state index is 0.0398. The molecule has 2 rings (SSSR count). The highest BCUT2D eigenvalue weighted by Crippen LogP contribution is 2.20. The van der Waals surface area contributed by atoms with E-state index in [4.69, 9.17) is 4.74 Å². The zero-order chi connectivity index (χ0) is 16.8. The first-order chi connectivity index (χ1) is 11.0. The normalized spacial score (nSPS) is 15.5. The number of halogens is 2. The lowest BCUT2D eigenvalue weighted by molar-refractivity contribution is -0.126. The van der Waals surface area contributed by atoms with E-state index in [1.165, 1.54) is 6.07 Å². The average molecular weight is 326 g/mol. The first-order valence-electron chi connectivity index (χ1n) is 7.54. The van der Waals surface area contributed by atoms with Gasteiger partial charge in [0.05, 0.1) is 6.61 Å². The number of likely N-dealkylation sites (tertiary alicyclic amines) is 1. The van der Waals surface area contributed by atoms with Gasteiger partial charge in [0.25, 0.3) is 5.91 Å². The van der Waals surface area contributed by atoms with Gasteiger partial charge in [-0.05, 0) is 31.0 Å². The molecule has 1 N–H and O–H groups in total. The number of hydrogen-bond donors (Lipinski definition) is 1. The highest BCUT2D eigenvalue weighted by atomic mass is 19.2. The smallest absolute Gasteiger partial charge is 0.253 e. The fraction of sp³-hybridized carbons (Fsp3) is 0.500. The topological polar surface area (TPSA) is 58.6 Å². The van der Waals surface area contributed by atoms with E-state index in [0.29, 0.717) is 39.1 Å². The first-order valence-corrected chi connectivity index (χ1v) is 7.54. The van der Waals surface area contributed by atoms with Crippen molar-refractivity contribution < 1.29 is 23.1 Å². The Hall–Kier alpha value is -2.02. The first kappa shape index (κ1) is 17.3. The van der Waals surface area contributed by atoms with Crippen LogP contribution in [-0.4, -0.2) is 50.1 Å². The molecule has 0 atom stereocenters. The molecule has 7 heteroatoms. The summed E-state index contributed by atoms with van der Waals surface area (Å²) in [4.78, 5) is 25.8. The summed E-state index contributed by atoms with van der Waals surface area (Å²) >= 11 is 0. The van der Waals surface area contributed by atoms with E-state index >= 15 is 0 Å². The second-order valence-corrected chi connectivity index (χ2v) is 5.48. The van der Waals surface area contributed by atoms with Crippen molar-refractivity contribution in [3.8, 4) is 0 Å². The molecule has 1 aromatic rings. The fourth-order valence-corrected chi connectivity index (χ4v) is 2.58. The van der Waals surface area contributed by atoms with Crippen LogP contribution in [0.2, 0.25) is 0 Å². The molecular weight excluding hydrogens is 306 g/mol. The van der Waals surface area contributed by atoms with Crippen LogP contribution in [-0.2, 0) is 9.53 Å². The number of carbonyl (C=O) groups excluding carboxylic acids is 2. The van der Waals surface area contributed by atoms with Gasteiger partial charge in [-0.2, -0.15) is 0 Å². The largest absolute Gasteiger partial charge is 0.383 e. The molecule has 0 aromatic heterocycles. The van der Waals surface area contributed by atoms with Gasteiger partial charge in [-0.3, -0.25) is 9.59 Å². The van der Waals surface area contributed by atoms with Crippen LogP contribution < -0.4 is 5.32 Å². The standard InChI is InChI=1S/C16H20F2N2O3/c1-23-9-6-19-15(21)11-4-7-20(8-5-11)16(22)12-2-3-13(17)14(18)10-12/h2-3,10-11H,4-9H2,1H3,(H,19,21). The van der Waals surface area contributed by atoms with Gasteiger partial charge in [0, 0.05) is 38.2 Å². The maximum atomic E-state index is 13.2. The molecule has 0 saturated carbocycles. The summed E-state index contributed by atoms with van der Waals surface area (Å²) in [6, 6.07) is 3.12. The molecule has 126 valence electrons. The Labute approximate surface area is 133 Å². The Kier molecular flexibility index (Phi) is 6.04. The number of carbonyl (C=O) groups is 2. The summed E-state index contributed by atoms with van der Waals surface area (Å²) in [6.07, 6.45) is 1.10. The Morgan fingerprint density at radius 3 is 2.57 bits per heavy atom. The molecule has 1 fully saturated rings. The van der Waals surface area contributed by atoms with Gasteiger partial charge in [0.2, 0.25) is 5.91 Å². The number of hydrogen-bond acceptors (Lipinski definition) is 3. The number of nitrogens with zero attached hydrogens (tertiary/aromatic N) is 1. The van der Waals surface area contributed by atoms with Crippen molar-refractivity contribution in [3.63, 3.8) is 0 Å². The Morgan fingerprint density at radius 1 is 1.26 bits per heavy atom. The number of amides is 2. The predicted molar refractivity (Wildman–Crippen MR) is 79.9 cm³/mol. The number of benzene rings is 1. The minimum atomic E-state index is -1.04. The zero-order valence-corrected chi connectivity index (χ0v) is 13.0. The summed E-state index contributed by atoms with van der Waals surface area (Å²) in [6.45, 7) is 1.75. The third-order valence-corrected chi connectivity index (χ3v) is 3.92. The van der Waals surface area contributed by atoms with E-state index in [9.17, 15) is 18.4 Å². The van der Waals surface area contributed by atoms with Crippen LogP contribution in [0.1, 0.15) is 23.2 Å². The highest BCUT2D eigenvalue weighted by molar-refractivity contribution is 5.94. The van der Waals surface area contributed by atoms with E-state index in [1.807, 2.05) is 0 Å². The van der Waals surface area contributed by atoms with E-state index in [2.05, 4.69) is 5.32 Å². The number of nitrogens with one attached hydrogen (secondary N) is 1. The molecule has 5 nitrogen and oxygen atoms in total. The van der Waals surface area contributed by atoms with Crippen molar-refractivity contribution in [1.29, 1.82) is 0 Å². The van der Waals surface area contributed by atoms with Crippen LogP contribution in [0.15, 0.2) is 18.2 Å². The molecule has 1 aromatic carbocycles. The quantitative estimate of drug-likeness (QED) is 0.836. The summed E-state index contributed by atoms with van der Waals surface area (Å²) in [5, 5.41) is 2.78. The van der Waals surface area contributed by atoms with Gasteiger partial charge in [-0.1, -0.05) is 0 Å². The molecule has 23 heavy (non-hydrogen) atoms. The van der Waals surface area contributed by atoms with Crippen LogP contribution in [0, 0.1) is 17.6 Å². The maximum Gasteiger partial charge on any atom is 0.253 e. The van der Waals surface area contributed by atoms with Crippen LogP contribution in [0.5, 0.6) is 0 Å². The molecule has 1 saturated heterocycles. The SMILES string of the molecule is COCCNC(=O)C1CCN(C(=O)c2ccc(F)c(F)c2)CC1. The van der Waals surface area contributed by atoms with Gasteiger partial charge in [0.1, 0.15) is 0 Å². The second-order valence-electron chi connectivity index (χ2n) is 5.48. The molecule has 0 spiro atoms. The van der Waals surface area contributed by atoms with Gasteiger partial charge in [0.15, 0.2) is 11.6 Å². The lowest BCUT2D eigenvalue weighted by atomic mass is 9.95. The zero-order valence-electron chi connectivity index (χ0n) is 13.0. The van der Waals surface area contributed by atoms with Crippen LogP contribution in [0.3, 0.4) is 0 Å². The predicted octanol–water partition coefficient (Wildman–Crippen LogP) is 1.58. The third-order valence-electron chi connectivity index (χ3n) is 3.92. The number of methoxy groups -OCH3 is 1. The summed E-state index contributed by atoms with van der Waals surface area (Å²) in [5.74, 6) is -2.54. The maximum absolute atomic E-state index is 13.2. The Morgan fingerprint density at radius 2 is 1.96 bits per heavy atom. The van der Waals surface area contributed by atoms with Crippen molar-refractivity contribution in [3.05, 3.63) is 35.4 Å². The Balaban J connectivity index is 1.87. The summed E-state index contributed by atoms with van der Waals surface area (Å²) < 4.78 is 31.0. The molecule has 1 aliphatic rings. The van der Waals surface area contributed by atoms with Crippen LogP contribution in [0.4, 0.5) is 8.78 Å². The van der Waals surface area contributed by atoms with Gasteiger partial charge in [-0.25, -0.2) is 8.78 Å². The van der Waals surface area contributed by atoms with Crippen molar-refractivity contribution in [2.75, 3.05) is 33.4 Å². The van der Waals surface area contributed by atoms with E-state index < -0.39 is 11.6 Å². The molecule has 1 heterocycles. The lowest BCUT2D eigenvalue weighted by Gasteiger charge is -2.31. The highest BCUT2D eigenvalue weighted by Gasteiger charge is 2.27. The second kappa shape index (κ2) is 8.01.